The summed E-state index contributed by atoms with van der Waals surface area (Å²) in [5, 5.41) is 15.5. The highest BCUT2D eigenvalue weighted by molar-refractivity contribution is 8.02. The summed E-state index contributed by atoms with van der Waals surface area (Å²) in [5.74, 6) is -1.32. The van der Waals surface area contributed by atoms with Gasteiger partial charge in [0.2, 0.25) is 17.7 Å². The largest absolute Gasteiger partial charge is 0.396 e. The lowest BCUT2D eigenvalue weighted by molar-refractivity contribution is -0.140. The van der Waals surface area contributed by atoms with E-state index in [9.17, 15) is 14.4 Å². The maximum absolute atomic E-state index is 14.2. The van der Waals surface area contributed by atoms with Crippen LogP contribution in [0, 0.1) is 17.3 Å². The Hall–Kier alpha value is -2.06. The van der Waals surface area contributed by atoms with E-state index in [1.165, 1.54) is 0 Å². The Morgan fingerprint density at radius 2 is 1.69 bits per heavy atom. The minimum Gasteiger partial charge on any atom is -0.396 e. The number of aliphatic hydroxyl groups excluding tert-OH is 1. The van der Waals surface area contributed by atoms with Crippen LogP contribution in [0.1, 0.15) is 86.5 Å². The first-order valence-corrected chi connectivity index (χ1v) is 15.3. The molecule has 3 saturated heterocycles. The number of aliphatic hydroxyl groups is 1. The normalized spacial score (nSPS) is 30.0. The van der Waals surface area contributed by atoms with Crippen LogP contribution in [0.25, 0.3) is 0 Å². The van der Waals surface area contributed by atoms with Crippen LogP contribution in [-0.2, 0) is 14.4 Å². The summed E-state index contributed by atoms with van der Waals surface area (Å²) >= 11 is 1.71. The molecule has 1 aromatic rings. The first-order chi connectivity index (χ1) is 18.2. The van der Waals surface area contributed by atoms with Crippen molar-refractivity contribution in [1.29, 1.82) is 0 Å². The average Bonchev–Trinajstić information content (AvgIpc) is 3.38. The summed E-state index contributed by atoms with van der Waals surface area (Å²) in [5.41, 5.74) is 0.316. The number of hydrogen-bond donors (Lipinski definition) is 3. The van der Waals surface area contributed by atoms with Crippen molar-refractivity contribution in [2.75, 3.05) is 18.5 Å². The molecule has 0 aromatic heterocycles. The number of anilines is 1. The Balaban J connectivity index is 1.64. The van der Waals surface area contributed by atoms with E-state index in [1.54, 1.807) is 16.7 Å². The average molecular weight is 558 g/mol. The molecule has 1 aromatic carbocycles. The van der Waals surface area contributed by atoms with Crippen LogP contribution in [-0.4, -0.2) is 62.0 Å². The fourth-order valence-electron chi connectivity index (χ4n) is 7.63. The molecule has 1 spiro atoms. The number of carbonyl (C=O) groups is 3. The molecule has 8 heteroatoms. The lowest BCUT2D eigenvalue weighted by Crippen LogP contribution is -2.58. The predicted octanol–water partition coefficient (Wildman–Crippen LogP) is 4.99. The molecule has 39 heavy (non-hydrogen) atoms. The molecule has 0 aliphatic carbocycles. The Morgan fingerprint density at radius 3 is 2.33 bits per heavy atom. The number of rotatable bonds is 11. The quantitative estimate of drug-likeness (QED) is 0.333. The van der Waals surface area contributed by atoms with Gasteiger partial charge in [-0.3, -0.25) is 14.4 Å². The van der Waals surface area contributed by atoms with E-state index in [-0.39, 0.29) is 29.7 Å². The molecule has 3 fully saturated rings. The van der Waals surface area contributed by atoms with E-state index < -0.39 is 32.9 Å². The summed E-state index contributed by atoms with van der Waals surface area (Å²) in [7, 11) is 0. The van der Waals surface area contributed by atoms with Crippen molar-refractivity contribution in [1.82, 2.24) is 10.2 Å². The van der Waals surface area contributed by atoms with Gasteiger partial charge in [0.1, 0.15) is 6.04 Å². The Kier molecular flexibility index (Phi) is 8.49. The number of amides is 3. The lowest BCUT2D eigenvalue weighted by Gasteiger charge is -2.38. The monoisotopic (exact) mass is 557 g/mol. The highest BCUT2D eigenvalue weighted by Crippen LogP contribution is 2.71. The summed E-state index contributed by atoms with van der Waals surface area (Å²) in [6.45, 7) is 13.4. The highest BCUT2D eigenvalue weighted by Gasteiger charge is 2.77. The van der Waals surface area contributed by atoms with E-state index in [1.807, 2.05) is 30.3 Å². The maximum atomic E-state index is 14.2. The van der Waals surface area contributed by atoms with Gasteiger partial charge in [0, 0.05) is 29.1 Å². The molecule has 4 rings (SSSR count). The summed E-state index contributed by atoms with van der Waals surface area (Å²) in [6.07, 6.45) is 5.63. The van der Waals surface area contributed by atoms with Crippen molar-refractivity contribution in [3.63, 3.8) is 0 Å². The zero-order valence-corrected chi connectivity index (χ0v) is 25.3. The van der Waals surface area contributed by atoms with Crippen LogP contribution in [0.5, 0.6) is 0 Å². The first-order valence-electron chi connectivity index (χ1n) is 14.5. The second-order valence-corrected chi connectivity index (χ2v) is 15.8. The Bertz CT molecular complexity index is 1070. The van der Waals surface area contributed by atoms with Crippen molar-refractivity contribution >= 4 is 35.2 Å². The van der Waals surface area contributed by atoms with E-state index in [0.29, 0.717) is 6.54 Å². The first kappa shape index (κ1) is 29.9. The molecule has 0 radical (unpaired) electrons. The number of benzene rings is 1. The van der Waals surface area contributed by atoms with Crippen molar-refractivity contribution < 1.29 is 19.5 Å². The number of nitrogens with one attached hydrogen (secondary N) is 2. The van der Waals surface area contributed by atoms with E-state index in [0.717, 1.165) is 50.6 Å². The Morgan fingerprint density at radius 1 is 1.03 bits per heavy atom. The van der Waals surface area contributed by atoms with Gasteiger partial charge in [-0.2, -0.15) is 0 Å². The van der Waals surface area contributed by atoms with Gasteiger partial charge >= 0.3 is 0 Å². The third kappa shape index (κ3) is 6.02. The number of hydrogen-bond acceptors (Lipinski definition) is 5. The van der Waals surface area contributed by atoms with E-state index >= 15 is 0 Å². The standard InChI is InChI=1S/C31H47N3O4S/c1-28(2,3)20-29(4,5)33-26(37)24-31-17-16-30(6,39-31)22(25(36)32-21-14-10-9-11-15-21)23(31)27(38)34(24)18-12-7-8-13-19-35/h9-11,14-15,22-24,35H,7-8,12-13,16-20H2,1-6H3,(H,32,36)(H,33,37)/t22-,23+,24?,30+,31?/m1/s1. The number of fused-ring (bicyclic) bond motifs is 1. The third-order valence-corrected chi connectivity index (χ3v) is 10.6. The highest BCUT2D eigenvalue weighted by atomic mass is 32.2. The van der Waals surface area contributed by atoms with E-state index in [4.69, 9.17) is 5.11 Å². The number of para-hydroxylation sites is 1. The summed E-state index contributed by atoms with van der Waals surface area (Å²) < 4.78 is -1.01. The van der Waals surface area contributed by atoms with Crippen LogP contribution in [0.4, 0.5) is 5.69 Å². The second kappa shape index (κ2) is 11.1. The van der Waals surface area contributed by atoms with Crippen LogP contribution in [0.2, 0.25) is 0 Å². The molecule has 3 aliphatic heterocycles. The fourth-order valence-corrected chi connectivity index (χ4v) is 9.98. The van der Waals surface area contributed by atoms with Gasteiger partial charge in [-0.15, -0.1) is 11.8 Å². The van der Waals surface area contributed by atoms with Gasteiger partial charge in [0.15, 0.2) is 0 Å². The molecule has 5 atom stereocenters. The molecule has 2 unspecified atom stereocenters. The van der Waals surface area contributed by atoms with Crippen molar-refractivity contribution in [2.24, 2.45) is 17.3 Å². The lowest BCUT2D eigenvalue weighted by atomic mass is 9.66. The fraction of sp³-hybridized carbons (Fsp3) is 0.710. The predicted molar refractivity (Wildman–Crippen MR) is 157 cm³/mol. The molecule has 0 saturated carbocycles. The van der Waals surface area contributed by atoms with Gasteiger partial charge in [0.05, 0.1) is 16.6 Å². The zero-order valence-electron chi connectivity index (χ0n) is 24.5. The number of carbonyl (C=O) groups excluding carboxylic acids is 3. The summed E-state index contributed by atoms with van der Waals surface area (Å²) in [4.78, 5) is 44.0. The van der Waals surface area contributed by atoms with Crippen molar-refractivity contribution in [3.8, 4) is 0 Å². The number of nitrogens with zero attached hydrogens (tertiary/aromatic N) is 1. The molecule has 3 amide bonds. The Labute approximate surface area is 238 Å². The topological polar surface area (TPSA) is 98.7 Å². The molecular weight excluding hydrogens is 510 g/mol. The van der Waals surface area contributed by atoms with Crippen LogP contribution < -0.4 is 10.6 Å². The molecular formula is C31H47N3O4S. The molecule has 7 nitrogen and oxygen atoms in total. The smallest absolute Gasteiger partial charge is 0.244 e. The van der Waals surface area contributed by atoms with Gasteiger partial charge in [-0.1, -0.05) is 51.8 Å². The van der Waals surface area contributed by atoms with Gasteiger partial charge in [0.25, 0.3) is 0 Å². The minimum atomic E-state index is -0.614. The van der Waals surface area contributed by atoms with Crippen LogP contribution in [0.3, 0.4) is 0 Å². The summed E-state index contributed by atoms with van der Waals surface area (Å²) in [6, 6.07) is 8.79. The second-order valence-electron chi connectivity index (χ2n) is 13.9. The van der Waals surface area contributed by atoms with Gasteiger partial charge in [-0.25, -0.2) is 0 Å². The van der Waals surface area contributed by atoms with Gasteiger partial charge < -0.3 is 20.6 Å². The number of likely N-dealkylation sites (tertiary alicyclic amines) is 1. The SMILES string of the molecule is CC(C)(C)CC(C)(C)NC(=O)C1N(CCCCCCO)C(=O)[C@@H]2[C@H](C(=O)Nc3ccccc3)[C@]3(C)CCC12S3. The molecule has 3 N–H and O–H groups in total. The van der Waals surface area contributed by atoms with Gasteiger partial charge in [-0.05, 0) is 70.4 Å². The van der Waals surface area contributed by atoms with Crippen LogP contribution in [0.15, 0.2) is 30.3 Å². The van der Waals surface area contributed by atoms with Crippen molar-refractivity contribution in [2.45, 2.75) is 108 Å². The molecule has 216 valence electrons. The van der Waals surface area contributed by atoms with Crippen LogP contribution >= 0.6 is 11.8 Å². The third-order valence-electron chi connectivity index (χ3n) is 8.59. The minimum absolute atomic E-state index is 0.0319. The number of thioether (sulfide) groups is 1. The molecule has 2 bridgehead atoms. The molecule has 3 heterocycles. The van der Waals surface area contributed by atoms with Crippen molar-refractivity contribution in [3.05, 3.63) is 30.3 Å². The number of unbranched alkanes of at least 4 members (excludes halogenated alkanes) is 3. The van der Waals surface area contributed by atoms with E-state index in [2.05, 4.69) is 52.2 Å². The molecule has 3 aliphatic rings. The maximum Gasteiger partial charge on any atom is 0.244 e. The zero-order chi connectivity index (χ0) is 28.6.